The number of hydrogen-bond donors (Lipinski definition) is 2. The van der Waals surface area contributed by atoms with Gasteiger partial charge in [0.15, 0.2) is 5.75 Å². The molecule has 0 fully saturated rings. The zero-order valence-corrected chi connectivity index (χ0v) is 19.6. The molecule has 162 valence electrons. The van der Waals surface area contributed by atoms with Crippen LogP contribution in [0.3, 0.4) is 0 Å². The van der Waals surface area contributed by atoms with Crippen molar-refractivity contribution < 1.29 is 25.0 Å². The van der Waals surface area contributed by atoms with Crippen LogP contribution in [0.1, 0.15) is 0 Å². The highest BCUT2D eigenvalue weighted by atomic mass is 127. The first-order valence-corrected chi connectivity index (χ1v) is 13.9. The van der Waals surface area contributed by atoms with Gasteiger partial charge >= 0.3 is 27.6 Å². The second-order valence-corrected chi connectivity index (χ2v) is 10.4. The summed E-state index contributed by atoms with van der Waals surface area (Å²) in [5.74, 6) is -0.333. The summed E-state index contributed by atoms with van der Waals surface area (Å²) < 4.78 is 41.9. The average Bonchev–Trinajstić information content (AvgIpc) is 2.79. The zero-order valence-electron chi connectivity index (χ0n) is 16.6. The molecule has 0 aromatic heterocycles. The Morgan fingerprint density at radius 3 is 1.53 bits per heavy atom. The van der Waals surface area contributed by atoms with E-state index < -0.39 is 27.6 Å². The largest absolute Gasteiger partial charge is 0.524 e. The minimum absolute atomic E-state index is 0.192. The second kappa shape index (κ2) is 9.34. The van der Waals surface area contributed by atoms with Crippen LogP contribution in [0.5, 0.6) is 5.75 Å². The standard InChI is InChI=1S/C24H18IO6P/c26-25(27)23-21(18-12-6-2-7-13-18)16-20(17-10-4-1-5-11-17)22(19-14-8-3-9-15-19)24(23)31-32(28,29)30/h1-16H,(H2,28,29,30). The number of benzene rings is 4. The maximum atomic E-state index is 12.5. The smallest absolute Gasteiger partial charge is 0.402 e. The Morgan fingerprint density at radius 1 is 0.656 bits per heavy atom. The predicted molar refractivity (Wildman–Crippen MR) is 130 cm³/mol. The highest BCUT2D eigenvalue weighted by molar-refractivity contribution is 14.2. The monoisotopic (exact) mass is 560 g/mol. The SMILES string of the molecule is O=I(=O)c1c(-c2ccccc2)cc(-c2ccccc2)c(-c2ccccc2)c1OP(=O)(O)O. The minimum atomic E-state index is -5.08. The van der Waals surface area contributed by atoms with Gasteiger partial charge in [0.05, 0.1) is 0 Å². The van der Waals surface area contributed by atoms with E-state index in [2.05, 4.69) is 0 Å². The predicted octanol–water partition coefficient (Wildman–Crippen LogP) is 6.53. The highest BCUT2D eigenvalue weighted by Gasteiger charge is 2.30. The summed E-state index contributed by atoms with van der Waals surface area (Å²) in [7, 11) is -5.08. The molecule has 0 atom stereocenters. The summed E-state index contributed by atoms with van der Waals surface area (Å²) >= 11 is -4.30. The minimum Gasteiger partial charge on any atom is -0.402 e. The van der Waals surface area contributed by atoms with Crippen molar-refractivity contribution in [1.82, 2.24) is 0 Å². The molecule has 0 radical (unpaired) electrons. The molecule has 0 saturated heterocycles. The Balaban J connectivity index is 2.21. The van der Waals surface area contributed by atoms with Gasteiger partial charge in [-0.25, -0.2) is 10.7 Å². The average molecular weight is 560 g/mol. The van der Waals surface area contributed by atoms with E-state index in [0.29, 0.717) is 27.8 Å². The maximum absolute atomic E-state index is 12.5. The van der Waals surface area contributed by atoms with Crippen LogP contribution in [0.15, 0.2) is 97.1 Å². The van der Waals surface area contributed by atoms with Crippen molar-refractivity contribution in [2.45, 2.75) is 0 Å². The van der Waals surface area contributed by atoms with Crippen LogP contribution in [0.2, 0.25) is 0 Å². The van der Waals surface area contributed by atoms with E-state index in [4.69, 9.17) is 4.52 Å². The molecular weight excluding hydrogens is 542 g/mol. The highest BCUT2D eigenvalue weighted by Crippen LogP contribution is 2.52. The molecule has 2 N–H and O–H groups in total. The lowest BCUT2D eigenvalue weighted by Crippen LogP contribution is -2.01. The van der Waals surface area contributed by atoms with Crippen molar-refractivity contribution in [3.05, 3.63) is 101 Å². The Kier molecular flexibility index (Phi) is 6.53. The first-order valence-electron chi connectivity index (χ1n) is 9.53. The molecule has 4 aromatic rings. The third-order valence-corrected chi connectivity index (χ3v) is 7.19. The molecule has 0 aliphatic heterocycles. The molecule has 8 heteroatoms. The van der Waals surface area contributed by atoms with E-state index in [0.717, 1.165) is 5.56 Å². The third kappa shape index (κ3) is 4.81. The van der Waals surface area contributed by atoms with Crippen LogP contribution in [-0.4, -0.2) is 9.79 Å². The molecule has 32 heavy (non-hydrogen) atoms. The number of hydrogen-bond acceptors (Lipinski definition) is 4. The molecule has 6 nitrogen and oxygen atoms in total. The summed E-state index contributed by atoms with van der Waals surface area (Å²) in [6, 6.07) is 28.6. The van der Waals surface area contributed by atoms with Crippen molar-refractivity contribution in [3.8, 4) is 39.1 Å². The van der Waals surface area contributed by atoms with Gasteiger partial charge in [-0.15, -0.1) is 0 Å². The van der Waals surface area contributed by atoms with Gasteiger partial charge in [0.2, 0.25) is 0 Å². The van der Waals surface area contributed by atoms with Gasteiger partial charge in [-0.1, -0.05) is 91.0 Å². The quantitative estimate of drug-likeness (QED) is 0.206. The Bertz CT molecular complexity index is 1360. The van der Waals surface area contributed by atoms with Crippen molar-refractivity contribution in [3.63, 3.8) is 0 Å². The fourth-order valence-corrected chi connectivity index (χ4v) is 5.87. The van der Waals surface area contributed by atoms with Gasteiger partial charge < -0.3 is 4.52 Å². The van der Waals surface area contributed by atoms with Crippen LogP contribution in [-0.2, 0) is 10.7 Å². The van der Waals surface area contributed by atoms with Gasteiger partial charge in [-0.05, 0) is 28.3 Å². The molecule has 0 spiro atoms. The number of rotatable bonds is 6. The molecule has 0 aliphatic rings. The van der Waals surface area contributed by atoms with Gasteiger partial charge in [-0.2, -0.15) is 0 Å². The van der Waals surface area contributed by atoms with Crippen LogP contribution in [0, 0.1) is 3.57 Å². The fraction of sp³-hybridized carbons (Fsp3) is 0. The second-order valence-electron chi connectivity index (χ2n) is 6.89. The van der Waals surface area contributed by atoms with Crippen molar-refractivity contribution in [2.75, 3.05) is 0 Å². The van der Waals surface area contributed by atoms with Crippen molar-refractivity contribution >= 4 is 27.6 Å². The summed E-state index contributed by atoms with van der Waals surface area (Å²) in [4.78, 5) is 19.3. The molecule has 0 heterocycles. The molecule has 0 unspecified atom stereocenters. The molecule has 0 amide bonds. The summed E-state index contributed by atoms with van der Waals surface area (Å²) in [6.45, 7) is 0. The normalized spacial score (nSPS) is 11.5. The summed E-state index contributed by atoms with van der Waals surface area (Å²) in [6.07, 6.45) is 0. The lowest BCUT2D eigenvalue weighted by Gasteiger charge is -2.20. The van der Waals surface area contributed by atoms with E-state index in [1.54, 1.807) is 66.7 Å². The van der Waals surface area contributed by atoms with Crippen LogP contribution in [0.4, 0.5) is 0 Å². The number of phosphoric ester groups is 1. The van der Waals surface area contributed by atoms with Crippen LogP contribution in [0.25, 0.3) is 33.4 Å². The maximum Gasteiger partial charge on any atom is 0.524 e. The molecular formula is C24H18IO6P. The lowest BCUT2D eigenvalue weighted by atomic mass is 9.90. The topological polar surface area (TPSA) is 101 Å². The Morgan fingerprint density at radius 2 is 1.09 bits per heavy atom. The van der Waals surface area contributed by atoms with E-state index in [9.17, 15) is 20.5 Å². The van der Waals surface area contributed by atoms with Gasteiger partial charge in [0, 0.05) is 11.1 Å². The molecule has 4 rings (SSSR count). The molecule has 4 aromatic carbocycles. The first-order chi connectivity index (χ1) is 15.3. The Labute approximate surface area is 191 Å². The van der Waals surface area contributed by atoms with E-state index in [1.165, 1.54) is 0 Å². The van der Waals surface area contributed by atoms with E-state index in [-0.39, 0.29) is 9.32 Å². The summed E-state index contributed by atoms with van der Waals surface area (Å²) in [5, 5.41) is 0. The van der Waals surface area contributed by atoms with Gasteiger partial charge in [-0.3, -0.25) is 9.79 Å². The molecule has 0 aliphatic carbocycles. The van der Waals surface area contributed by atoms with E-state index in [1.807, 2.05) is 30.3 Å². The lowest BCUT2D eigenvalue weighted by molar-refractivity contribution is 0.283. The van der Waals surface area contributed by atoms with Crippen LogP contribution >= 0.6 is 27.6 Å². The van der Waals surface area contributed by atoms with Gasteiger partial charge in [0.25, 0.3) is 0 Å². The zero-order chi connectivity index (χ0) is 22.7. The van der Waals surface area contributed by atoms with Crippen LogP contribution < -0.4 is 4.52 Å². The van der Waals surface area contributed by atoms with Crippen molar-refractivity contribution in [2.24, 2.45) is 0 Å². The fourth-order valence-electron chi connectivity index (χ4n) is 3.56. The molecule has 0 bridgehead atoms. The van der Waals surface area contributed by atoms with E-state index >= 15 is 0 Å². The van der Waals surface area contributed by atoms with Crippen molar-refractivity contribution in [1.29, 1.82) is 0 Å². The molecule has 0 saturated carbocycles. The first kappa shape index (κ1) is 22.4. The Hall–Kier alpha value is -2.84. The number of halogens is 1. The van der Waals surface area contributed by atoms with Gasteiger partial charge in [0.1, 0.15) is 3.57 Å². The summed E-state index contributed by atoms with van der Waals surface area (Å²) in [5.41, 5.74) is 3.17. The third-order valence-electron chi connectivity index (χ3n) is 4.82. The number of phosphoric acid groups is 1.